The third-order valence-electron chi connectivity index (χ3n) is 4.65. The maximum Gasteiger partial charge on any atom is 0.146 e. The smallest absolute Gasteiger partial charge is 0.146 e. The number of hydrogen-bond acceptors (Lipinski definition) is 3. The van der Waals surface area contributed by atoms with E-state index in [2.05, 4.69) is 57.1 Å². The monoisotopic (exact) mass is 397 g/mol. The maximum absolute atomic E-state index is 6.40. The molecule has 0 spiro atoms. The van der Waals surface area contributed by atoms with Crippen LogP contribution in [0.3, 0.4) is 0 Å². The molecular weight excluding hydrogens is 370 g/mol. The first-order valence-electron chi connectivity index (χ1n) is 9.71. The maximum atomic E-state index is 6.40. The lowest BCUT2D eigenvalue weighted by Crippen LogP contribution is -2.15. The summed E-state index contributed by atoms with van der Waals surface area (Å²) in [5.74, 6) is 2.67. The molecule has 0 radical (unpaired) electrons. The Bertz CT molecular complexity index is 937. The van der Waals surface area contributed by atoms with Crippen LogP contribution in [0.5, 0.6) is 17.2 Å². The second-order valence-corrected chi connectivity index (χ2v) is 8.03. The summed E-state index contributed by atoms with van der Waals surface area (Å²) in [5.41, 5.74) is 1.34. The minimum absolute atomic E-state index is 0.516. The number of ether oxygens (including phenoxy) is 2. The van der Waals surface area contributed by atoms with Crippen molar-refractivity contribution in [2.45, 2.75) is 26.2 Å². The molecule has 28 heavy (non-hydrogen) atoms. The van der Waals surface area contributed by atoms with E-state index in [-0.39, 0.29) is 0 Å². The van der Waals surface area contributed by atoms with Gasteiger partial charge in [0.1, 0.15) is 17.2 Å². The highest BCUT2D eigenvalue weighted by Crippen LogP contribution is 2.34. The van der Waals surface area contributed by atoms with Crippen LogP contribution in [0.2, 0.25) is 5.02 Å². The Labute approximate surface area is 172 Å². The van der Waals surface area contributed by atoms with Gasteiger partial charge in [0.25, 0.3) is 0 Å². The first-order chi connectivity index (χ1) is 13.4. The van der Waals surface area contributed by atoms with Crippen molar-refractivity contribution in [2.24, 2.45) is 0 Å². The average Bonchev–Trinajstić information content (AvgIpc) is 2.66. The van der Waals surface area contributed by atoms with Crippen LogP contribution in [0.4, 0.5) is 0 Å². The Kier molecular flexibility index (Phi) is 6.82. The summed E-state index contributed by atoms with van der Waals surface area (Å²) in [6.45, 7) is 6.07. The molecule has 0 unspecified atom stereocenters. The van der Waals surface area contributed by atoms with Crippen molar-refractivity contribution in [1.82, 2.24) is 4.90 Å². The van der Waals surface area contributed by atoms with Crippen molar-refractivity contribution < 1.29 is 9.47 Å². The van der Waals surface area contributed by atoms with Crippen LogP contribution in [-0.4, -0.2) is 32.1 Å². The first kappa shape index (κ1) is 20.5. The van der Waals surface area contributed by atoms with Gasteiger partial charge in [-0.1, -0.05) is 49.7 Å². The van der Waals surface area contributed by atoms with Gasteiger partial charge in [0.2, 0.25) is 0 Å². The standard InChI is InChI=1S/C24H28ClNO2/c1-17(2)18-6-7-20-15-22(9-8-19(20)14-18)28-24-11-10-21(16-23(24)25)27-13-5-12-26(3)4/h6-11,14-17H,5,12-13H2,1-4H3. The SMILES string of the molecule is CC(C)c1ccc2cc(Oc3ccc(OCCCN(C)C)cc3Cl)ccc2c1. The fourth-order valence-corrected chi connectivity index (χ4v) is 3.23. The van der Waals surface area contributed by atoms with Gasteiger partial charge in [0.05, 0.1) is 11.6 Å². The van der Waals surface area contributed by atoms with Crippen LogP contribution >= 0.6 is 11.6 Å². The van der Waals surface area contributed by atoms with E-state index >= 15 is 0 Å². The molecule has 3 aromatic rings. The molecule has 3 aromatic carbocycles. The van der Waals surface area contributed by atoms with Crippen molar-refractivity contribution in [3.8, 4) is 17.2 Å². The highest BCUT2D eigenvalue weighted by atomic mass is 35.5. The van der Waals surface area contributed by atoms with Crippen LogP contribution < -0.4 is 9.47 Å². The summed E-state index contributed by atoms with van der Waals surface area (Å²) < 4.78 is 11.8. The van der Waals surface area contributed by atoms with Crippen molar-refractivity contribution in [3.05, 3.63) is 65.2 Å². The third kappa shape index (κ3) is 5.40. The molecular formula is C24H28ClNO2. The molecule has 0 N–H and O–H groups in total. The summed E-state index contributed by atoms with van der Waals surface area (Å²) in [4.78, 5) is 2.14. The fourth-order valence-electron chi connectivity index (χ4n) is 3.02. The third-order valence-corrected chi connectivity index (χ3v) is 4.95. The fraction of sp³-hybridized carbons (Fsp3) is 0.333. The van der Waals surface area contributed by atoms with E-state index < -0.39 is 0 Å². The van der Waals surface area contributed by atoms with E-state index in [0.29, 0.717) is 23.3 Å². The van der Waals surface area contributed by atoms with Crippen molar-refractivity contribution >= 4 is 22.4 Å². The molecule has 0 aromatic heterocycles. The molecule has 3 rings (SSSR count). The summed E-state index contributed by atoms with van der Waals surface area (Å²) >= 11 is 6.40. The summed E-state index contributed by atoms with van der Waals surface area (Å²) in [6.07, 6.45) is 0.971. The van der Waals surface area contributed by atoms with Gasteiger partial charge in [-0.25, -0.2) is 0 Å². The predicted molar refractivity (Wildman–Crippen MR) is 118 cm³/mol. The summed E-state index contributed by atoms with van der Waals surface area (Å²) in [7, 11) is 4.11. The Morgan fingerprint density at radius 1 is 0.893 bits per heavy atom. The molecule has 0 bridgehead atoms. The highest BCUT2D eigenvalue weighted by Gasteiger charge is 2.07. The molecule has 4 heteroatoms. The number of fused-ring (bicyclic) bond motifs is 1. The topological polar surface area (TPSA) is 21.7 Å². The second kappa shape index (κ2) is 9.31. The molecule has 3 nitrogen and oxygen atoms in total. The van der Waals surface area contributed by atoms with Crippen LogP contribution in [0.15, 0.2) is 54.6 Å². The van der Waals surface area contributed by atoms with Crippen LogP contribution in [0.25, 0.3) is 10.8 Å². The molecule has 0 amide bonds. The zero-order valence-corrected chi connectivity index (χ0v) is 17.8. The van der Waals surface area contributed by atoms with Crippen LogP contribution in [-0.2, 0) is 0 Å². The Balaban J connectivity index is 1.68. The van der Waals surface area contributed by atoms with Gasteiger partial charge >= 0.3 is 0 Å². The molecule has 148 valence electrons. The van der Waals surface area contributed by atoms with Gasteiger partial charge in [-0.15, -0.1) is 0 Å². The van der Waals surface area contributed by atoms with Gasteiger partial charge in [-0.2, -0.15) is 0 Å². The number of nitrogens with zero attached hydrogens (tertiary/aromatic N) is 1. The Morgan fingerprint density at radius 3 is 2.32 bits per heavy atom. The predicted octanol–water partition coefficient (Wildman–Crippen LogP) is 6.74. The van der Waals surface area contributed by atoms with Gasteiger partial charge in [-0.3, -0.25) is 0 Å². The zero-order chi connectivity index (χ0) is 20.1. The minimum Gasteiger partial charge on any atom is -0.493 e. The number of halogens is 1. The minimum atomic E-state index is 0.516. The van der Waals surface area contributed by atoms with Crippen LogP contribution in [0, 0.1) is 0 Å². The number of rotatable bonds is 8. The number of hydrogen-bond donors (Lipinski definition) is 0. The van der Waals surface area contributed by atoms with Crippen molar-refractivity contribution in [2.75, 3.05) is 27.2 Å². The van der Waals surface area contributed by atoms with Crippen LogP contribution in [0.1, 0.15) is 31.7 Å². The molecule has 0 aliphatic heterocycles. The van der Waals surface area contributed by atoms with E-state index in [1.54, 1.807) is 0 Å². The van der Waals surface area contributed by atoms with E-state index in [0.717, 1.165) is 29.9 Å². The summed E-state index contributed by atoms with van der Waals surface area (Å²) in [6, 6.07) is 18.2. The van der Waals surface area contributed by atoms with Gasteiger partial charge in [0, 0.05) is 12.6 Å². The van der Waals surface area contributed by atoms with E-state index in [1.807, 2.05) is 30.3 Å². The normalized spacial score (nSPS) is 11.4. The molecule has 0 aliphatic rings. The zero-order valence-electron chi connectivity index (χ0n) is 17.0. The summed E-state index contributed by atoms with van der Waals surface area (Å²) in [5, 5.41) is 2.91. The quantitative estimate of drug-likeness (QED) is 0.393. The molecule has 0 atom stereocenters. The molecule has 0 fully saturated rings. The van der Waals surface area contributed by atoms with E-state index in [4.69, 9.17) is 21.1 Å². The van der Waals surface area contributed by atoms with E-state index in [9.17, 15) is 0 Å². The molecule has 0 saturated carbocycles. The van der Waals surface area contributed by atoms with Gasteiger partial charge in [-0.05, 0) is 67.0 Å². The first-order valence-corrected chi connectivity index (χ1v) is 10.1. The van der Waals surface area contributed by atoms with Crippen molar-refractivity contribution in [3.63, 3.8) is 0 Å². The lowest BCUT2D eigenvalue weighted by Gasteiger charge is -2.13. The largest absolute Gasteiger partial charge is 0.493 e. The lowest BCUT2D eigenvalue weighted by atomic mass is 9.99. The highest BCUT2D eigenvalue weighted by molar-refractivity contribution is 6.32. The molecule has 0 aliphatic carbocycles. The lowest BCUT2D eigenvalue weighted by molar-refractivity contribution is 0.281. The van der Waals surface area contributed by atoms with Gasteiger partial charge in [0.15, 0.2) is 0 Å². The molecule has 0 heterocycles. The average molecular weight is 398 g/mol. The second-order valence-electron chi connectivity index (χ2n) is 7.62. The van der Waals surface area contributed by atoms with Gasteiger partial charge < -0.3 is 14.4 Å². The van der Waals surface area contributed by atoms with Crippen molar-refractivity contribution in [1.29, 1.82) is 0 Å². The Morgan fingerprint density at radius 2 is 1.61 bits per heavy atom. The van der Waals surface area contributed by atoms with E-state index in [1.165, 1.54) is 10.9 Å². The number of benzene rings is 3. The molecule has 0 saturated heterocycles. The Hall–Kier alpha value is -2.23.